The van der Waals surface area contributed by atoms with E-state index in [-0.39, 0.29) is 0 Å². The maximum absolute atomic E-state index is 9.28. The van der Waals surface area contributed by atoms with Crippen LogP contribution in [0, 0.1) is 6.92 Å². The first-order valence-electron chi connectivity index (χ1n) is 7.44. The molecular formula is C17H14ClN5O. The number of nitrogens with zero attached hydrogens (tertiary/aromatic N) is 4. The van der Waals surface area contributed by atoms with Gasteiger partial charge >= 0.3 is 0 Å². The van der Waals surface area contributed by atoms with Crippen molar-refractivity contribution in [2.75, 3.05) is 5.48 Å². The fourth-order valence-corrected chi connectivity index (χ4v) is 3.16. The molecule has 1 aromatic heterocycles. The van der Waals surface area contributed by atoms with Gasteiger partial charge in [-0.3, -0.25) is 20.2 Å². The summed E-state index contributed by atoms with van der Waals surface area (Å²) < 4.78 is 1.98. The number of hydrogen-bond donors (Lipinski definition) is 2. The van der Waals surface area contributed by atoms with Crippen molar-refractivity contribution in [3.8, 4) is 5.69 Å². The van der Waals surface area contributed by atoms with Gasteiger partial charge in [-0.2, -0.15) is 0 Å². The number of aromatic nitrogens is 3. The summed E-state index contributed by atoms with van der Waals surface area (Å²) in [5.41, 5.74) is 6.12. The Morgan fingerprint density at radius 3 is 2.75 bits per heavy atom. The van der Waals surface area contributed by atoms with Gasteiger partial charge in [-0.25, -0.2) is 0 Å². The molecule has 3 aromatic rings. The summed E-state index contributed by atoms with van der Waals surface area (Å²) in [4.78, 5) is 4.73. The van der Waals surface area contributed by atoms with Gasteiger partial charge in [0.05, 0.1) is 17.1 Å². The van der Waals surface area contributed by atoms with E-state index in [0.29, 0.717) is 17.3 Å². The third kappa shape index (κ3) is 2.28. The summed E-state index contributed by atoms with van der Waals surface area (Å²) in [6, 6.07) is 13.1. The van der Waals surface area contributed by atoms with E-state index in [4.69, 9.17) is 16.6 Å². The molecule has 4 rings (SSSR count). The summed E-state index contributed by atoms with van der Waals surface area (Å²) in [5.74, 6) is 1.55. The maximum Gasteiger partial charge on any atom is 0.159 e. The summed E-state index contributed by atoms with van der Waals surface area (Å²) in [6.07, 6.45) is 0. The lowest BCUT2D eigenvalue weighted by Crippen LogP contribution is -2.09. The molecule has 0 radical (unpaired) electrons. The fourth-order valence-electron chi connectivity index (χ4n) is 2.93. The van der Waals surface area contributed by atoms with Crippen LogP contribution in [0.25, 0.3) is 5.69 Å². The molecule has 0 bridgehead atoms. The molecule has 120 valence electrons. The average Bonchev–Trinajstić information content (AvgIpc) is 2.88. The van der Waals surface area contributed by atoms with Crippen LogP contribution in [0.1, 0.15) is 22.8 Å². The van der Waals surface area contributed by atoms with Gasteiger partial charge in [-0.05, 0) is 31.2 Å². The van der Waals surface area contributed by atoms with Crippen LogP contribution in [-0.2, 0) is 6.54 Å². The third-order valence-electron chi connectivity index (χ3n) is 4.02. The van der Waals surface area contributed by atoms with Gasteiger partial charge in [0.25, 0.3) is 0 Å². The molecule has 2 aromatic carbocycles. The number of aliphatic imine (C=N–C) groups is 1. The molecule has 0 atom stereocenters. The Hall–Kier alpha value is -2.70. The first kappa shape index (κ1) is 14.9. The van der Waals surface area contributed by atoms with Gasteiger partial charge in [-0.1, -0.05) is 29.8 Å². The molecule has 0 saturated carbocycles. The molecule has 1 aliphatic rings. The van der Waals surface area contributed by atoms with Crippen LogP contribution in [0.3, 0.4) is 0 Å². The van der Waals surface area contributed by atoms with Crippen molar-refractivity contribution in [2.24, 2.45) is 4.99 Å². The molecule has 0 aliphatic carbocycles. The topological polar surface area (TPSA) is 75.3 Å². The van der Waals surface area contributed by atoms with E-state index in [0.717, 1.165) is 34.2 Å². The zero-order valence-electron chi connectivity index (χ0n) is 12.9. The first-order chi connectivity index (χ1) is 11.7. The van der Waals surface area contributed by atoms with Crippen LogP contribution in [0.5, 0.6) is 0 Å². The van der Waals surface area contributed by atoms with Crippen molar-refractivity contribution in [1.29, 1.82) is 0 Å². The van der Waals surface area contributed by atoms with Crippen molar-refractivity contribution >= 4 is 23.0 Å². The number of halogens is 1. The summed E-state index contributed by atoms with van der Waals surface area (Å²) in [6.45, 7) is 2.30. The van der Waals surface area contributed by atoms with E-state index < -0.39 is 0 Å². The summed E-state index contributed by atoms with van der Waals surface area (Å²) >= 11 is 6.39. The highest BCUT2D eigenvalue weighted by Gasteiger charge is 2.23. The van der Waals surface area contributed by atoms with Crippen LogP contribution in [0.2, 0.25) is 5.02 Å². The predicted octanol–water partition coefficient (Wildman–Crippen LogP) is 3.38. The van der Waals surface area contributed by atoms with Gasteiger partial charge in [0.15, 0.2) is 5.82 Å². The maximum atomic E-state index is 9.28. The molecule has 7 heteroatoms. The summed E-state index contributed by atoms with van der Waals surface area (Å²) in [7, 11) is 0. The van der Waals surface area contributed by atoms with E-state index in [1.165, 1.54) is 0 Å². The van der Waals surface area contributed by atoms with Crippen LogP contribution < -0.4 is 5.48 Å². The zero-order valence-corrected chi connectivity index (χ0v) is 13.6. The lowest BCUT2D eigenvalue weighted by Gasteiger charge is -2.14. The smallest absolute Gasteiger partial charge is 0.159 e. The molecule has 6 nitrogen and oxygen atoms in total. The average molecular weight is 340 g/mol. The van der Waals surface area contributed by atoms with Crippen LogP contribution >= 0.6 is 11.6 Å². The normalized spacial score (nSPS) is 12.9. The molecule has 0 fully saturated rings. The van der Waals surface area contributed by atoms with Crippen LogP contribution in [0.15, 0.2) is 47.5 Å². The first-order valence-corrected chi connectivity index (χ1v) is 7.82. The Morgan fingerprint density at radius 2 is 1.96 bits per heavy atom. The highest BCUT2D eigenvalue weighted by molar-refractivity contribution is 6.35. The summed E-state index contributed by atoms with van der Waals surface area (Å²) in [5, 5.41) is 18.3. The van der Waals surface area contributed by atoms with Gasteiger partial charge < -0.3 is 0 Å². The lowest BCUT2D eigenvalue weighted by molar-refractivity contribution is 0.389. The van der Waals surface area contributed by atoms with E-state index >= 15 is 0 Å². The Kier molecular flexibility index (Phi) is 3.55. The second-order valence-corrected chi connectivity index (χ2v) is 5.89. The van der Waals surface area contributed by atoms with E-state index in [9.17, 15) is 5.21 Å². The zero-order chi connectivity index (χ0) is 16.7. The second-order valence-electron chi connectivity index (χ2n) is 5.49. The van der Waals surface area contributed by atoms with Crippen molar-refractivity contribution in [2.45, 2.75) is 13.5 Å². The minimum Gasteiger partial charge on any atom is -0.291 e. The van der Waals surface area contributed by atoms with Gasteiger partial charge in [0.2, 0.25) is 0 Å². The Labute approximate surface area is 143 Å². The van der Waals surface area contributed by atoms with E-state index in [2.05, 4.69) is 15.7 Å². The molecule has 0 unspecified atom stereocenters. The largest absolute Gasteiger partial charge is 0.291 e. The van der Waals surface area contributed by atoms with Gasteiger partial charge in [0.1, 0.15) is 12.4 Å². The molecule has 0 spiro atoms. The fraction of sp³-hybridized carbons (Fsp3) is 0.118. The molecular weight excluding hydrogens is 326 g/mol. The van der Waals surface area contributed by atoms with E-state index in [1.54, 1.807) is 6.07 Å². The molecule has 0 saturated heterocycles. The monoisotopic (exact) mass is 339 g/mol. The Balaban J connectivity index is 2.02. The predicted molar refractivity (Wildman–Crippen MR) is 92.3 cm³/mol. The Bertz CT molecular complexity index is 963. The molecule has 24 heavy (non-hydrogen) atoms. The Morgan fingerprint density at radius 1 is 1.12 bits per heavy atom. The SMILES string of the molecule is Cc1nnc2n1-c1ccc(NO)cc1C(c1ccccc1Cl)=NC2. The number of aryl methyl sites for hydroxylation is 1. The number of nitrogens with one attached hydrogen (secondary N) is 1. The van der Waals surface area contributed by atoms with Crippen LogP contribution in [-0.4, -0.2) is 25.7 Å². The number of rotatable bonds is 2. The number of benzene rings is 2. The molecule has 2 heterocycles. The van der Waals surface area contributed by atoms with Crippen molar-refractivity contribution in [1.82, 2.24) is 14.8 Å². The molecule has 0 amide bonds. The van der Waals surface area contributed by atoms with Gasteiger partial charge in [0, 0.05) is 16.1 Å². The quantitative estimate of drug-likeness (QED) is 0.702. The number of anilines is 1. The molecule has 2 N–H and O–H groups in total. The van der Waals surface area contributed by atoms with Crippen molar-refractivity contribution in [3.63, 3.8) is 0 Å². The van der Waals surface area contributed by atoms with E-state index in [1.807, 2.05) is 47.9 Å². The lowest BCUT2D eigenvalue weighted by atomic mass is 9.99. The minimum atomic E-state index is 0.401. The van der Waals surface area contributed by atoms with Crippen molar-refractivity contribution < 1.29 is 5.21 Å². The minimum absolute atomic E-state index is 0.401. The second kappa shape index (κ2) is 5.74. The van der Waals surface area contributed by atoms with Gasteiger partial charge in [-0.15, -0.1) is 10.2 Å². The highest BCUT2D eigenvalue weighted by atomic mass is 35.5. The van der Waals surface area contributed by atoms with Crippen LogP contribution in [0.4, 0.5) is 5.69 Å². The highest BCUT2D eigenvalue weighted by Crippen LogP contribution is 2.30. The number of fused-ring (bicyclic) bond motifs is 3. The third-order valence-corrected chi connectivity index (χ3v) is 4.35. The standard InChI is InChI=1S/C17H14ClN5O/c1-10-20-21-16-9-19-17(12-4-2-3-5-14(12)18)13-8-11(22-24)6-7-15(13)23(10)16/h2-8,22,24H,9H2,1H3. The molecule has 1 aliphatic heterocycles. The van der Waals surface area contributed by atoms with Crippen molar-refractivity contribution in [3.05, 3.63) is 70.3 Å². The number of hydrogen-bond acceptors (Lipinski definition) is 5.